The Labute approximate surface area is 160 Å². The number of carbonyl (C=O) groups excluding carboxylic acids is 4. The van der Waals surface area contributed by atoms with Gasteiger partial charge in [-0.25, -0.2) is 9.69 Å². The summed E-state index contributed by atoms with van der Waals surface area (Å²) in [5.74, 6) is -2.29. The predicted molar refractivity (Wildman–Crippen MR) is 102 cm³/mol. The largest absolute Gasteiger partial charge is 0.506 e. The number of aliphatic hydroxyl groups excluding tert-OH is 1. The van der Waals surface area contributed by atoms with Crippen LogP contribution in [0.4, 0.5) is 5.69 Å². The molecule has 7 nitrogen and oxygen atoms in total. The van der Waals surface area contributed by atoms with E-state index in [4.69, 9.17) is 0 Å². The van der Waals surface area contributed by atoms with Gasteiger partial charge in [0, 0.05) is 23.6 Å². The van der Waals surface area contributed by atoms with Gasteiger partial charge in [-0.2, -0.15) is 0 Å². The summed E-state index contributed by atoms with van der Waals surface area (Å²) in [6.07, 6.45) is 0. The molecule has 2 amide bonds. The number of anilines is 1. The maximum atomic E-state index is 12.8. The molecule has 7 heteroatoms. The molecule has 0 saturated carbocycles. The van der Waals surface area contributed by atoms with Crippen LogP contribution in [-0.2, 0) is 14.3 Å². The first kappa shape index (κ1) is 19.0. The Balaban J connectivity index is 2.18. The fraction of sp³-hybridized carbons (Fsp3) is 0.143. The Bertz CT molecular complexity index is 1050. The van der Waals surface area contributed by atoms with Crippen LogP contribution in [0.15, 0.2) is 42.5 Å². The molecule has 0 fully saturated rings. The molecule has 0 unspecified atom stereocenters. The number of Topliss-reactive ketones (excluding diaryl/α,β-unsaturated/α-hetero) is 1. The summed E-state index contributed by atoms with van der Waals surface area (Å²) in [5, 5.41) is 10.8. The van der Waals surface area contributed by atoms with Gasteiger partial charge >= 0.3 is 5.97 Å². The van der Waals surface area contributed by atoms with Crippen molar-refractivity contribution in [2.24, 2.45) is 0 Å². The van der Waals surface area contributed by atoms with Crippen LogP contribution in [0.5, 0.6) is 0 Å². The van der Waals surface area contributed by atoms with Crippen LogP contribution in [0.2, 0.25) is 0 Å². The number of methoxy groups -OCH3 is 1. The standard InChI is InChI=1S/C21H17NO6/c1-11(23)15-8-9-17-16(10-15)18(20(26)22(17)12(2)24)19(25)13-4-6-14(7-5-13)21(27)28-3/h4-10,25H,1-3H3/b19-18-. The molecule has 1 heterocycles. The van der Waals surface area contributed by atoms with E-state index in [9.17, 15) is 24.3 Å². The number of carbonyl (C=O) groups is 4. The number of esters is 1. The van der Waals surface area contributed by atoms with Crippen LogP contribution >= 0.6 is 0 Å². The van der Waals surface area contributed by atoms with Crippen molar-refractivity contribution in [1.82, 2.24) is 0 Å². The molecular weight excluding hydrogens is 362 g/mol. The maximum absolute atomic E-state index is 12.8. The van der Waals surface area contributed by atoms with E-state index >= 15 is 0 Å². The summed E-state index contributed by atoms with van der Waals surface area (Å²) >= 11 is 0. The van der Waals surface area contributed by atoms with E-state index in [1.165, 1.54) is 63.4 Å². The lowest BCUT2D eigenvalue weighted by atomic mass is 9.98. The van der Waals surface area contributed by atoms with Gasteiger partial charge in [-0.1, -0.05) is 12.1 Å². The van der Waals surface area contributed by atoms with E-state index in [-0.39, 0.29) is 28.2 Å². The Kier molecular flexibility index (Phi) is 4.83. The monoisotopic (exact) mass is 379 g/mol. The SMILES string of the molecule is COC(=O)c1ccc(/C(O)=C2/C(=O)N(C(C)=O)c3ccc(C(C)=O)cc32)cc1. The molecule has 0 bridgehead atoms. The zero-order chi connectivity index (χ0) is 20.6. The van der Waals surface area contributed by atoms with E-state index in [2.05, 4.69) is 4.74 Å². The van der Waals surface area contributed by atoms with Crippen LogP contribution in [0, 0.1) is 0 Å². The summed E-state index contributed by atoms with van der Waals surface area (Å²) in [6, 6.07) is 10.3. The second-order valence-corrected chi connectivity index (χ2v) is 6.24. The molecule has 2 aromatic rings. The molecule has 0 spiro atoms. The maximum Gasteiger partial charge on any atom is 0.337 e. The average Bonchev–Trinajstić information content (AvgIpc) is 2.97. The number of imide groups is 1. The van der Waals surface area contributed by atoms with Crippen molar-refractivity contribution >= 4 is 40.6 Å². The van der Waals surface area contributed by atoms with Crippen LogP contribution in [0.1, 0.15) is 45.7 Å². The second-order valence-electron chi connectivity index (χ2n) is 6.24. The van der Waals surface area contributed by atoms with Gasteiger partial charge in [-0.05, 0) is 37.3 Å². The molecule has 142 valence electrons. The third kappa shape index (κ3) is 3.07. The fourth-order valence-electron chi connectivity index (χ4n) is 3.05. The highest BCUT2D eigenvalue weighted by molar-refractivity contribution is 6.42. The van der Waals surface area contributed by atoms with E-state index in [0.717, 1.165) is 4.90 Å². The number of amides is 2. The minimum Gasteiger partial charge on any atom is -0.506 e. The summed E-state index contributed by atoms with van der Waals surface area (Å²) in [7, 11) is 1.26. The van der Waals surface area contributed by atoms with Gasteiger partial charge in [0.2, 0.25) is 5.91 Å². The van der Waals surface area contributed by atoms with Crippen molar-refractivity contribution < 1.29 is 29.0 Å². The van der Waals surface area contributed by atoms with Crippen molar-refractivity contribution in [1.29, 1.82) is 0 Å². The minimum absolute atomic E-state index is 0.0841. The number of ketones is 1. The Hall–Kier alpha value is -3.74. The molecule has 1 aliphatic rings. The zero-order valence-corrected chi connectivity index (χ0v) is 15.5. The van der Waals surface area contributed by atoms with Gasteiger partial charge in [0.25, 0.3) is 5.91 Å². The first-order chi connectivity index (χ1) is 13.3. The minimum atomic E-state index is -0.683. The molecule has 0 radical (unpaired) electrons. The molecule has 0 aromatic heterocycles. The number of fused-ring (bicyclic) bond motifs is 1. The predicted octanol–water partition coefficient (Wildman–Crippen LogP) is 3.00. The van der Waals surface area contributed by atoms with Gasteiger partial charge < -0.3 is 9.84 Å². The molecule has 0 atom stereocenters. The quantitative estimate of drug-likeness (QED) is 0.381. The van der Waals surface area contributed by atoms with Gasteiger partial charge in [0.1, 0.15) is 5.76 Å². The van der Waals surface area contributed by atoms with Crippen molar-refractivity contribution in [2.75, 3.05) is 12.0 Å². The molecule has 0 aliphatic carbocycles. The normalized spacial score (nSPS) is 14.5. The number of ether oxygens (including phenoxy) is 1. The number of hydrogen-bond donors (Lipinski definition) is 1. The third-order valence-corrected chi connectivity index (χ3v) is 4.46. The summed E-state index contributed by atoms with van der Waals surface area (Å²) in [4.78, 5) is 49.1. The number of hydrogen-bond acceptors (Lipinski definition) is 6. The van der Waals surface area contributed by atoms with Gasteiger partial charge in [0.05, 0.1) is 23.9 Å². The van der Waals surface area contributed by atoms with Gasteiger partial charge in [-0.15, -0.1) is 0 Å². The topological polar surface area (TPSA) is 101 Å². The van der Waals surface area contributed by atoms with Crippen molar-refractivity contribution in [2.45, 2.75) is 13.8 Å². The van der Waals surface area contributed by atoms with Gasteiger partial charge in [0.15, 0.2) is 5.78 Å². The highest BCUT2D eigenvalue weighted by Gasteiger charge is 2.38. The van der Waals surface area contributed by atoms with Crippen molar-refractivity contribution in [3.63, 3.8) is 0 Å². The fourth-order valence-corrected chi connectivity index (χ4v) is 3.05. The van der Waals surface area contributed by atoms with Crippen molar-refractivity contribution in [3.8, 4) is 0 Å². The molecule has 3 rings (SSSR count). The summed E-state index contributed by atoms with van der Waals surface area (Å²) in [6.45, 7) is 2.63. The van der Waals surface area contributed by atoms with E-state index < -0.39 is 17.8 Å². The van der Waals surface area contributed by atoms with Crippen LogP contribution in [0.3, 0.4) is 0 Å². The number of benzene rings is 2. The first-order valence-corrected chi connectivity index (χ1v) is 8.38. The lowest BCUT2D eigenvalue weighted by Gasteiger charge is -2.12. The third-order valence-electron chi connectivity index (χ3n) is 4.46. The van der Waals surface area contributed by atoms with Crippen molar-refractivity contribution in [3.05, 3.63) is 64.7 Å². The number of aliphatic hydroxyl groups is 1. The zero-order valence-electron chi connectivity index (χ0n) is 15.5. The van der Waals surface area contributed by atoms with Crippen LogP contribution in [-0.4, -0.2) is 35.8 Å². The Morgan fingerprint density at radius 1 is 0.929 bits per heavy atom. The molecule has 0 saturated heterocycles. The van der Waals surface area contributed by atoms with E-state index in [1.54, 1.807) is 0 Å². The average molecular weight is 379 g/mol. The van der Waals surface area contributed by atoms with E-state index in [1.807, 2.05) is 0 Å². The molecule has 2 aromatic carbocycles. The smallest absolute Gasteiger partial charge is 0.337 e. The molecular formula is C21H17NO6. The van der Waals surface area contributed by atoms with Gasteiger partial charge in [-0.3, -0.25) is 14.4 Å². The Morgan fingerprint density at radius 2 is 1.50 bits per heavy atom. The molecule has 1 N–H and O–H groups in total. The molecule has 1 aliphatic heterocycles. The summed E-state index contributed by atoms with van der Waals surface area (Å²) < 4.78 is 4.63. The second kappa shape index (κ2) is 7.11. The van der Waals surface area contributed by atoms with E-state index in [0.29, 0.717) is 16.8 Å². The lowest BCUT2D eigenvalue weighted by molar-refractivity contribution is -0.122. The summed E-state index contributed by atoms with van der Waals surface area (Å²) in [5.41, 5.74) is 1.42. The molecule has 28 heavy (non-hydrogen) atoms. The highest BCUT2D eigenvalue weighted by Crippen LogP contribution is 2.40. The highest BCUT2D eigenvalue weighted by atomic mass is 16.5. The Morgan fingerprint density at radius 3 is 2.04 bits per heavy atom. The number of rotatable bonds is 3. The van der Waals surface area contributed by atoms with Crippen LogP contribution in [0.25, 0.3) is 11.3 Å². The number of nitrogens with zero attached hydrogens (tertiary/aromatic N) is 1. The van der Waals surface area contributed by atoms with Crippen LogP contribution < -0.4 is 4.90 Å². The lowest BCUT2D eigenvalue weighted by Crippen LogP contribution is -2.31. The first-order valence-electron chi connectivity index (χ1n) is 8.38.